The van der Waals surface area contributed by atoms with Crippen LogP contribution >= 0.6 is 0 Å². The molecule has 0 saturated carbocycles. The van der Waals surface area contributed by atoms with E-state index in [0.29, 0.717) is 29.4 Å². The van der Waals surface area contributed by atoms with Gasteiger partial charge in [0.05, 0.1) is 23.7 Å². The van der Waals surface area contributed by atoms with Crippen molar-refractivity contribution in [3.63, 3.8) is 0 Å². The zero-order chi connectivity index (χ0) is 20.4. The Balaban J connectivity index is 1.69. The maximum Gasteiger partial charge on any atom is 0.209 e. The Morgan fingerprint density at radius 3 is 2.69 bits per heavy atom. The third-order valence-corrected chi connectivity index (χ3v) is 5.57. The molecule has 29 heavy (non-hydrogen) atoms. The summed E-state index contributed by atoms with van der Waals surface area (Å²) in [5.41, 5.74) is 3.75. The molecule has 2 N–H and O–H groups in total. The largest absolute Gasteiger partial charge is 0.380 e. The van der Waals surface area contributed by atoms with Gasteiger partial charge < -0.3 is 5.32 Å². The highest BCUT2D eigenvalue weighted by Crippen LogP contribution is 2.20. The van der Waals surface area contributed by atoms with Crippen LogP contribution in [0.4, 0.5) is 5.69 Å². The molecule has 0 aliphatic heterocycles. The van der Waals surface area contributed by atoms with E-state index >= 15 is 0 Å². The van der Waals surface area contributed by atoms with E-state index in [1.807, 2.05) is 48.5 Å². The van der Waals surface area contributed by atoms with Crippen molar-refractivity contribution in [2.24, 2.45) is 0 Å². The summed E-state index contributed by atoms with van der Waals surface area (Å²) in [5.74, 6) is 0. The lowest BCUT2D eigenvalue weighted by Gasteiger charge is -2.17. The average molecular weight is 407 g/mol. The summed E-state index contributed by atoms with van der Waals surface area (Å²) in [5, 5.41) is 3.82. The number of benzene rings is 1. The van der Waals surface area contributed by atoms with Crippen LogP contribution < -0.4 is 15.5 Å². The van der Waals surface area contributed by atoms with Gasteiger partial charge >= 0.3 is 0 Å². The summed E-state index contributed by atoms with van der Waals surface area (Å²) < 4.78 is 25.7. The Bertz CT molecular complexity index is 1260. The van der Waals surface area contributed by atoms with Crippen LogP contribution in [0.5, 0.6) is 0 Å². The fraction of sp³-hybridized carbons (Fsp3) is 0.182. The monoisotopic (exact) mass is 407 g/mol. The first-order valence-electron chi connectivity index (χ1n) is 9.28. The van der Waals surface area contributed by atoms with Gasteiger partial charge in [-0.05, 0) is 29.7 Å². The van der Waals surface area contributed by atoms with E-state index in [4.69, 9.17) is 0 Å². The molecule has 0 amide bonds. The predicted octanol–water partition coefficient (Wildman–Crippen LogP) is 2.69. The number of rotatable bonds is 5. The van der Waals surface area contributed by atoms with Crippen LogP contribution in [-0.4, -0.2) is 25.7 Å². The van der Waals surface area contributed by atoms with E-state index in [2.05, 4.69) is 15.0 Å². The topological polar surface area (TPSA) is 88.2 Å². The van der Waals surface area contributed by atoms with E-state index in [-0.39, 0.29) is 5.43 Å². The van der Waals surface area contributed by atoms with Crippen LogP contribution in [0.3, 0.4) is 0 Å². The van der Waals surface area contributed by atoms with Crippen molar-refractivity contribution in [3.8, 4) is 0 Å². The molecule has 1 unspecified atom stereocenters. The maximum absolute atomic E-state index is 13.2. The van der Waals surface area contributed by atoms with Crippen LogP contribution in [0, 0.1) is 0 Å². The Morgan fingerprint density at radius 2 is 1.93 bits per heavy atom. The number of nitrogens with one attached hydrogen (secondary N) is 2. The number of fused-ring (bicyclic) bond motifs is 2. The molecule has 148 valence electrons. The van der Waals surface area contributed by atoms with E-state index in [1.54, 1.807) is 18.3 Å². The van der Waals surface area contributed by atoms with E-state index in [1.165, 1.54) is 0 Å². The molecule has 0 bridgehead atoms. The second-order valence-corrected chi connectivity index (χ2v) is 8.93. The molecule has 0 radical (unpaired) electrons. The molecular weight excluding hydrogens is 386 g/mol. The molecular formula is C22H21N3O3S. The van der Waals surface area contributed by atoms with Crippen molar-refractivity contribution >= 4 is 32.7 Å². The summed E-state index contributed by atoms with van der Waals surface area (Å²) in [6.45, 7) is 0.627. The van der Waals surface area contributed by atoms with Gasteiger partial charge in [0.1, 0.15) is 0 Å². The van der Waals surface area contributed by atoms with Gasteiger partial charge in [-0.2, -0.15) is 0 Å². The van der Waals surface area contributed by atoms with E-state index in [9.17, 15) is 13.2 Å². The van der Waals surface area contributed by atoms with Crippen LogP contribution in [0.25, 0.3) is 17.0 Å². The van der Waals surface area contributed by atoms with Gasteiger partial charge in [0.25, 0.3) is 0 Å². The Hall–Kier alpha value is -3.03. The number of hydrogen-bond donors (Lipinski definition) is 2. The SMILES string of the molecule is CS(=O)(=O)NC1C=Cc2ccc3ncc(NCc4ccccc4)cc3c(=O)c2C1. The molecule has 1 atom stereocenters. The summed E-state index contributed by atoms with van der Waals surface area (Å²) in [6.07, 6.45) is 6.70. The fourth-order valence-electron chi connectivity index (χ4n) is 3.48. The van der Waals surface area contributed by atoms with Gasteiger partial charge in [-0.3, -0.25) is 9.78 Å². The molecule has 1 aromatic heterocycles. The molecule has 1 aliphatic rings. The molecule has 4 rings (SSSR count). The van der Waals surface area contributed by atoms with Crippen LogP contribution in [-0.2, 0) is 23.0 Å². The highest BCUT2D eigenvalue weighted by atomic mass is 32.2. The molecule has 0 fully saturated rings. The Morgan fingerprint density at radius 1 is 1.14 bits per heavy atom. The van der Waals surface area contributed by atoms with E-state index < -0.39 is 16.1 Å². The zero-order valence-electron chi connectivity index (χ0n) is 15.9. The van der Waals surface area contributed by atoms with Gasteiger partial charge in [-0.25, -0.2) is 13.1 Å². The lowest BCUT2D eigenvalue weighted by molar-refractivity contribution is 0.575. The molecule has 1 aliphatic carbocycles. The van der Waals surface area contributed by atoms with Crippen molar-refractivity contribution < 1.29 is 8.42 Å². The minimum atomic E-state index is -3.36. The van der Waals surface area contributed by atoms with Gasteiger partial charge in [0, 0.05) is 23.5 Å². The lowest BCUT2D eigenvalue weighted by Crippen LogP contribution is -2.36. The zero-order valence-corrected chi connectivity index (χ0v) is 16.7. The number of anilines is 1. The molecule has 2 aromatic carbocycles. The van der Waals surface area contributed by atoms with Gasteiger partial charge in [-0.15, -0.1) is 0 Å². The highest BCUT2D eigenvalue weighted by molar-refractivity contribution is 7.88. The Labute approximate surface area is 169 Å². The molecule has 6 nitrogen and oxygen atoms in total. The summed E-state index contributed by atoms with van der Waals surface area (Å²) in [6, 6.07) is 15.0. The van der Waals surface area contributed by atoms with Gasteiger partial charge in [0.15, 0.2) is 5.43 Å². The standard InChI is InChI=1S/C22H21N3O3S/c1-29(27,28)25-17-9-7-16-8-10-21-20(22(26)19(16)11-17)12-18(14-24-21)23-13-15-5-3-2-4-6-15/h2-10,12,14,17,23,25H,11,13H2,1H3. The van der Waals surface area contributed by atoms with Gasteiger partial charge in [0.2, 0.25) is 10.0 Å². The molecule has 3 aromatic rings. The summed E-state index contributed by atoms with van der Waals surface area (Å²) in [7, 11) is -3.36. The number of aromatic nitrogens is 1. The maximum atomic E-state index is 13.2. The van der Waals surface area contributed by atoms with Crippen LogP contribution in [0.15, 0.2) is 65.6 Å². The molecule has 0 spiro atoms. The third-order valence-electron chi connectivity index (χ3n) is 4.84. The molecule has 1 heterocycles. The first-order chi connectivity index (χ1) is 13.9. The quantitative estimate of drug-likeness (QED) is 0.679. The second-order valence-electron chi connectivity index (χ2n) is 7.15. The number of nitrogens with zero attached hydrogens (tertiary/aromatic N) is 1. The first kappa shape index (κ1) is 19.3. The fourth-order valence-corrected chi connectivity index (χ4v) is 4.19. The lowest BCUT2D eigenvalue weighted by atomic mass is 9.96. The number of hydrogen-bond acceptors (Lipinski definition) is 5. The number of pyridine rings is 1. The summed E-state index contributed by atoms with van der Waals surface area (Å²) >= 11 is 0. The number of sulfonamides is 1. The van der Waals surface area contributed by atoms with Gasteiger partial charge in [-0.1, -0.05) is 48.6 Å². The van der Waals surface area contributed by atoms with E-state index in [0.717, 1.165) is 23.1 Å². The highest BCUT2D eigenvalue weighted by Gasteiger charge is 2.19. The minimum absolute atomic E-state index is 0.125. The predicted molar refractivity (Wildman–Crippen MR) is 116 cm³/mol. The normalized spacial score (nSPS) is 15.8. The van der Waals surface area contributed by atoms with Crippen molar-refractivity contribution in [1.82, 2.24) is 9.71 Å². The minimum Gasteiger partial charge on any atom is -0.380 e. The Kier molecular flexibility index (Phi) is 5.17. The molecule has 7 heteroatoms. The van der Waals surface area contributed by atoms with Crippen molar-refractivity contribution in [3.05, 3.63) is 87.7 Å². The van der Waals surface area contributed by atoms with Crippen LogP contribution in [0.2, 0.25) is 0 Å². The van der Waals surface area contributed by atoms with Crippen molar-refractivity contribution in [2.75, 3.05) is 11.6 Å². The van der Waals surface area contributed by atoms with Crippen LogP contribution in [0.1, 0.15) is 16.7 Å². The smallest absolute Gasteiger partial charge is 0.209 e. The first-order valence-corrected chi connectivity index (χ1v) is 11.2. The second kappa shape index (κ2) is 7.77. The third kappa shape index (κ3) is 4.52. The molecule has 0 saturated heterocycles. The van der Waals surface area contributed by atoms with Crippen molar-refractivity contribution in [1.29, 1.82) is 0 Å². The van der Waals surface area contributed by atoms with Crippen molar-refractivity contribution in [2.45, 2.75) is 19.0 Å². The summed E-state index contributed by atoms with van der Waals surface area (Å²) in [4.78, 5) is 17.7. The average Bonchev–Trinajstić information content (AvgIpc) is 2.83.